The van der Waals surface area contributed by atoms with Crippen molar-refractivity contribution in [1.29, 1.82) is 0 Å². The van der Waals surface area contributed by atoms with E-state index < -0.39 is 0 Å². The summed E-state index contributed by atoms with van der Waals surface area (Å²) in [5.41, 5.74) is 0.163. The molecule has 0 bridgehead atoms. The van der Waals surface area contributed by atoms with Gasteiger partial charge in [-0.15, -0.1) is 0 Å². The van der Waals surface area contributed by atoms with Crippen molar-refractivity contribution < 1.29 is 4.79 Å². The molecule has 1 N–H and O–H groups in total. The molecule has 1 heterocycles. The lowest BCUT2D eigenvalue weighted by atomic mass is 9.92. The van der Waals surface area contributed by atoms with E-state index in [9.17, 15) is 4.79 Å². The van der Waals surface area contributed by atoms with E-state index in [1.165, 1.54) is 0 Å². The molecular weight excluding hydrogens is 188 g/mol. The fourth-order valence-electron chi connectivity index (χ4n) is 2.22. The molecule has 3 nitrogen and oxygen atoms in total. The van der Waals surface area contributed by atoms with Crippen LogP contribution in [0, 0.1) is 5.41 Å². The Kier molecular flexibility index (Phi) is 2.34. The van der Waals surface area contributed by atoms with E-state index >= 15 is 0 Å². The van der Waals surface area contributed by atoms with Gasteiger partial charge in [-0.1, -0.05) is 20.8 Å². The number of hydrogen-bond donors (Lipinski definition) is 1. The molecule has 0 radical (unpaired) electrons. The lowest BCUT2D eigenvalue weighted by Crippen LogP contribution is -2.36. The van der Waals surface area contributed by atoms with Gasteiger partial charge in [0, 0.05) is 6.54 Å². The van der Waals surface area contributed by atoms with Crippen LogP contribution in [0.3, 0.4) is 0 Å². The highest BCUT2D eigenvalue weighted by atomic mass is 16.2. The van der Waals surface area contributed by atoms with Gasteiger partial charge < -0.3 is 4.90 Å². The molecule has 2 aliphatic rings. The summed E-state index contributed by atoms with van der Waals surface area (Å²) in [6, 6.07) is 0. The van der Waals surface area contributed by atoms with Gasteiger partial charge in [-0.25, -0.2) is 0 Å². The largest absolute Gasteiger partial charge is 0.326 e. The Morgan fingerprint density at radius 1 is 1.47 bits per heavy atom. The van der Waals surface area contributed by atoms with Gasteiger partial charge in [0.05, 0.1) is 11.7 Å². The van der Waals surface area contributed by atoms with Crippen LogP contribution in [0.2, 0.25) is 0 Å². The van der Waals surface area contributed by atoms with E-state index in [1.807, 2.05) is 4.90 Å². The van der Waals surface area contributed by atoms with Crippen LogP contribution >= 0.6 is 0 Å². The standard InChI is InChI=1S/C12H22N2O/c1-9-13-12(5-6-12)10(15)14(9)8-7-11(2,3)4/h9,13H,5-8H2,1-4H3. The van der Waals surface area contributed by atoms with Crippen LogP contribution < -0.4 is 5.32 Å². The van der Waals surface area contributed by atoms with Crippen LogP contribution in [-0.4, -0.2) is 29.1 Å². The first-order valence-electron chi connectivity index (χ1n) is 5.93. The van der Waals surface area contributed by atoms with Gasteiger partial charge >= 0.3 is 0 Å². The zero-order chi connectivity index (χ0) is 11.3. The van der Waals surface area contributed by atoms with Crippen molar-refractivity contribution in [2.45, 2.75) is 58.7 Å². The average Bonchev–Trinajstić information content (AvgIpc) is 2.78. The van der Waals surface area contributed by atoms with Gasteiger partial charge in [0.1, 0.15) is 0 Å². The number of hydrogen-bond acceptors (Lipinski definition) is 2. The first kappa shape index (κ1) is 10.9. The molecule has 1 aliphatic heterocycles. The normalized spacial score (nSPS) is 28.9. The summed E-state index contributed by atoms with van der Waals surface area (Å²) in [4.78, 5) is 14.1. The zero-order valence-electron chi connectivity index (χ0n) is 10.3. The van der Waals surface area contributed by atoms with E-state index in [4.69, 9.17) is 0 Å². The van der Waals surface area contributed by atoms with Crippen LogP contribution in [0.4, 0.5) is 0 Å². The van der Waals surface area contributed by atoms with Crippen molar-refractivity contribution >= 4 is 5.91 Å². The molecule has 2 rings (SSSR count). The molecule has 3 heteroatoms. The number of nitrogens with zero attached hydrogens (tertiary/aromatic N) is 1. The number of nitrogens with one attached hydrogen (secondary N) is 1. The highest BCUT2D eigenvalue weighted by molar-refractivity contribution is 5.91. The molecule has 0 aromatic heterocycles. The van der Waals surface area contributed by atoms with E-state index in [-0.39, 0.29) is 11.7 Å². The Morgan fingerprint density at radius 3 is 2.47 bits per heavy atom. The lowest BCUT2D eigenvalue weighted by molar-refractivity contribution is -0.130. The topological polar surface area (TPSA) is 32.3 Å². The Balaban J connectivity index is 1.95. The minimum atomic E-state index is -0.142. The summed E-state index contributed by atoms with van der Waals surface area (Å²) >= 11 is 0. The number of carbonyl (C=O) groups excluding carboxylic acids is 1. The van der Waals surface area contributed by atoms with Gasteiger partial charge in [0.2, 0.25) is 5.91 Å². The first-order valence-corrected chi connectivity index (χ1v) is 5.93. The highest BCUT2D eigenvalue weighted by Crippen LogP contribution is 2.42. The molecule has 0 aromatic rings. The molecular formula is C12H22N2O. The molecule has 1 saturated carbocycles. The predicted molar refractivity (Wildman–Crippen MR) is 60.3 cm³/mol. The lowest BCUT2D eigenvalue weighted by Gasteiger charge is -2.26. The molecule has 1 amide bonds. The zero-order valence-corrected chi connectivity index (χ0v) is 10.3. The van der Waals surface area contributed by atoms with E-state index in [1.54, 1.807) is 0 Å². The maximum atomic E-state index is 12.1. The smallest absolute Gasteiger partial charge is 0.244 e. The molecule has 0 aromatic carbocycles. The molecule has 1 unspecified atom stereocenters. The van der Waals surface area contributed by atoms with Crippen molar-refractivity contribution in [3.8, 4) is 0 Å². The maximum absolute atomic E-state index is 12.1. The van der Waals surface area contributed by atoms with E-state index in [0.717, 1.165) is 25.8 Å². The van der Waals surface area contributed by atoms with Crippen molar-refractivity contribution in [1.82, 2.24) is 10.2 Å². The summed E-state index contributed by atoms with van der Waals surface area (Å²) in [5, 5.41) is 3.42. The van der Waals surface area contributed by atoms with Crippen LogP contribution in [0.25, 0.3) is 0 Å². The quantitative estimate of drug-likeness (QED) is 0.753. The van der Waals surface area contributed by atoms with Gasteiger partial charge in [-0.2, -0.15) is 0 Å². The maximum Gasteiger partial charge on any atom is 0.244 e. The molecule has 1 atom stereocenters. The monoisotopic (exact) mass is 210 g/mol. The minimum absolute atomic E-state index is 0.142. The van der Waals surface area contributed by atoms with Gasteiger partial charge in [-0.3, -0.25) is 10.1 Å². The number of rotatable bonds is 2. The molecule has 86 valence electrons. The molecule has 2 fully saturated rings. The van der Waals surface area contributed by atoms with Crippen LogP contribution in [-0.2, 0) is 4.79 Å². The third-order valence-corrected chi connectivity index (χ3v) is 3.48. The van der Waals surface area contributed by atoms with E-state index in [2.05, 4.69) is 33.0 Å². The third kappa shape index (κ3) is 2.03. The van der Waals surface area contributed by atoms with Crippen molar-refractivity contribution in [2.24, 2.45) is 5.41 Å². The summed E-state index contributed by atoms with van der Waals surface area (Å²) in [7, 11) is 0. The Bertz CT molecular complexity index is 276. The molecule has 1 saturated heterocycles. The first-order chi connectivity index (χ1) is 6.84. The highest BCUT2D eigenvalue weighted by Gasteiger charge is 2.57. The van der Waals surface area contributed by atoms with Gasteiger partial charge in [0.25, 0.3) is 0 Å². The molecule has 1 aliphatic carbocycles. The molecule has 15 heavy (non-hydrogen) atoms. The van der Waals surface area contributed by atoms with Crippen molar-refractivity contribution in [3.63, 3.8) is 0 Å². The summed E-state index contributed by atoms with van der Waals surface area (Å²) in [6.45, 7) is 9.64. The Labute approximate surface area is 92.2 Å². The number of carbonyl (C=O) groups is 1. The van der Waals surface area contributed by atoms with Gasteiger partial charge in [0.15, 0.2) is 0 Å². The van der Waals surface area contributed by atoms with E-state index in [0.29, 0.717) is 11.3 Å². The fraction of sp³-hybridized carbons (Fsp3) is 0.917. The SMILES string of the molecule is CC1NC2(CC2)C(=O)N1CCC(C)(C)C. The average molecular weight is 210 g/mol. The summed E-state index contributed by atoms with van der Waals surface area (Å²) < 4.78 is 0. The van der Waals surface area contributed by atoms with Crippen LogP contribution in [0.15, 0.2) is 0 Å². The third-order valence-electron chi connectivity index (χ3n) is 3.48. The van der Waals surface area contributed by atoms with Crippen molar-refractivity contribution in [3.05, 3.63) is 0 Å². The molecule has 1 spiro atoms. The summed E-state index contributed by atoms with van der Waals surface area (Å²) in [5.74, 6) is 0.333. The second-order valence-electron chi connectivity index (χ2n) is 6.21. The second kappa shape index (κ2) is 3.21. The van der Waals surface area contributed by atoms with Crippen molar-refractivity contribution in [2.75, 3.05) is 6.54 Å². The van der Waals surface area contributed by atoms with Gasteiger partial charge in [-0.05, 0) is 31.6 Å². The Hall–Kier alpha value is -0.570. The predicted octanol–water partition coefficient (Wildman–Crippen LogP) is 1.73. The minimum Gasteiger partial charge on any atom is -0.326 e. The number of amides is 1. The second-order valence-corrected chi connectivity index (χ2v) is 6.21. The van der Waals surface area contributed by atoms with Crippen LogP contribution in [0.1, 0.15) is 47.0 Å². The fourth-order valence-corrected chi connectivity index (χ4v) is 2.22. The summed E-state index contributed by atoms with van der Waals surface area (Å²) in [6.07, 6.45) is 3.35. The van der Waals surface area contributed by atoms with Crippen LogP contribution in [0.5, 0.6) is 0 Å². The Morgan fingerprint density at radius 2 is 2.07 bits per heavy atom.